The molecule has 0 saturated heterocycles. The Kier molecular flexibility index (Phi) is 4.58. The van der Waals surface area contributed by atoms with E-state index in [1.807, 2.05) is 0 Å². The highest BCUT2D eigenvalue weighted by Crippen LogP contribution is 2.15. The summed E-state index contributed by atoms with van der Waals surface area (Å²) in [6, 6.07) is 15.0. The van der Waals surface area contributed by atoms with E-state index >= 15 is 0 Å². The molecule has 0 aliphatic heterocycles. The summed E-state index contributed by atoms with van der Waals surface area (Å²) in [5.74, 6) is 0. The van der Waals surface area contributed by atoms with Crippen molar-refractivity contribution in [1.82, 2.24) is 0 Å². The van der Waals surface area contributed by atoms with Crippen molar-refractivity contribution in [2.24, 2.45) is 0 Å². The number of hydrogen-bond acceptors (Lipinski definition) is 2. The van der Waals surface area contributed by atoms with Crippen molar-refractivity contribution in [3.8, 4) is 0 Å². The maximum Gasteiger partial charge on any atom is 0.0713 e. The lowest BCUT2D eigenvalue weighted by atomic mass is 10.1. The molecule has 0 aromatic heterocycles. The van der Waals surface area contributed by atoms with Gasteiger partial charge in [-0.2, -0.15) is 0 Å². The maximum atomic E-state index is 5.11. The average Bonchev–Trinajstić information content (AvgIpc) is 2.42. The summed E-state index contributed by atoms with van der Waals surface area (Å²) in [5.41, 5.74) is 6.30. The molecule has 0 fully saturated rings. The highest BCUT2D eigenvalue weighted by Gasteiger charge is 1.98. The van der Waals surface area contributed by atoms with Crippen LogP contribution in [0.15, 0.2) is 42.5 Å². The average molecular weight is 255 g/mol. The van der Waals surface area contributed by atoms with Crippen molar-refractivity contribution in [3.63, 3.8) is 0 Å². The van der Waals surface area contributed by atoms with Gasteiger partial charge in [0.2, 0.25) is 0 Å². The Hall–Kier alpha value is -1.80. The van der Waals surface area contributed by atoms with Crippen LogP contribution < -0.4 is 5.32 Å². The Morgan fingerprint density at radius 3 is 2.21 bits per heavy atom. The maximum absolute atomic E-state index is 5.11. The third kappa shape index (κ3) is 3.83. The number of ether oxygens (including phenoxy) is 1. The molecule has 0 aliphatic rings. The predicted molar refractivity (Wildman–Crippen MR) is 80.4 cm³/mol. The zero-order valence-corrected chi connectivity index (χ0v) is 11.9. The number of anilines is 1. The van der Waals surface area contributed by atoms with Gasteiger partial charge in [-0.3, -0.25) is 0 Å². The standard InChI is InChI=1S/C17H21NO/c1-13-4-9-17(10-14(13)2)18-11-15-5-7-16(8-6-15)12-19-3/h4-10,18H,11-12H2,1-3H3. The molecule has 0 atom stereocenters. The second-order valence-electron chi connectivity index (χ2n) is 4.90. The fourth-order valence-electron chi connectivity index (χ4n) is 1.98. The van der Waals surface area contributed by atoms with Crippen LogP contribution in [-0.4, -0.2) is 7.11 Å². The third-order valence-corrected chi connectivity index (χ3v) is 3.34. The van der Waals surface area contributed by atoms with Gasteiger partial charge in [-0.05, 0) is 48.2 Å². The lowest BCUT2D eigenvalue weighted by molar-refractivity contribution is 0.185. The van der Waals surface area contributed by atoms with Crippen LogP contribution in [0.1, 0.15) is 22.3 Å². The monoisotopic (exact) mass is 255 g/mol. The summed E-state index contributed by atoms with van der Waals surface area (Å²) in [5, 5.41) is 3.45. The van der Waals surface area contributed by atoms with Crippen LogP contribution in [0.5, 0.6) is 0 Å². The summed E-state index contributed by atoms with van der Waals surface area (Å²) in [4.78, 5) is 0. The molecule has 0 bridgehead atoms. The summed E-state index contributed by atoms with van der Waals surface area (Å²) in [7, 11) is 1.72. The van der Waals surface area contributed by atoms with Gasteiger partial charge in [-0.15, -0.1) is 0 Å². The number of aryl methyl sites for hydroxylation is 2. The largest absolute Gasteiger partial charge is 0.381 e. The first kappa shape index (κ1) is 13.6. The molecule has 0 amide bonds. The second kappa shape index (κ2) is 6.39. The van der Waals surface area contributed by atoms with E-state index in [4.69, 9.17) is 4.74 Å². The van der Waals surface area contributed by atoms with E-state index < -0.39 is 0 Å². The molecule has 0 unspecified atom stereocenters. The van der Waals surface area contributed by atoms with E-state index in [0.717, 1.165) is 6.54 Å². The minimum atomic E-state index is 0.671. The number of hydrogen-bond donors (Lipinski definition) is 1. The van der Waals surface area contributed by atoms with Crippen molar-refractivity contribution in [2.45, 2.75) is 27.0 Å². The number of nitrogens with one attached hydrogen (secondary N) is 1. The quantitative estimate of drug-likeness (QED) is 0.870. The van der Waals surface area contributed by atoms with Crippen molar-refractivity contribution in [2.75, 3.05) is 12.4 Å². The molecular weight excluding hydrogens is 234 g/mol. The summed E-state index contributed by atoms with van der Waals surface area (Å²) >= 11 is 0. The van der Waals surface area contributed by atoms with Gasteiger partial charge in [-0.1, -0.05) is 30.3 Å². The molecule has 0 heterocycles. The molecule has 0 aliphatic carbocycles. The molecular formula is C17H21NO. The first-order chi connectivity index (χ1) is 9.19. The van der Waals surface area contributed by atoms with Gasteiger partial charge in [0.15, 0.2) is 0 Å². The molecule has 2 heteroatoms. The highest BCUT2D eigenvalue weighted by molar-refractivity contribution is 5.48. The Morgan fingerprint density at radius 1 is 0.895 bits per heavy atom. The molecule has 2 aromatic rings. The van der Waals surface area contributed by atoms with Gasteiger partial charge in [0.1, 0.15) is 0 Å². The molecule has 100 valence electrons. The second-order valence-corrected chi connectivity index (χ2v) is 4.90. The van der Waals surface area contributed by atoms with Crippen molar-refractivity contribution in [3.05, 3.63) is 64.7 Å². The van der Waals surface area contributed by atoms with E-state index in [1.54, 1.807) is 7.11 Å². The Labute approximate surface area is 115 Å². The topological polar surface area (TPSA) is 21.3 Å². The van der Waals surface area contributed by atoms with Crippen LogP contribution in [0.3, 0.4) is 0 Å². The molecule has 2 rings (SSSR count). The Morgan fingerprint density at radius 2 is 1.58 bits per heavy atom. The van der Waals surface area contributed by atoms with Gasteiger partial charge < -0.3 is 10.1 Å². The molecule has 0 radical (unpaired) electrons. The van der Waals surface area contributed by atoms with E-state index in [0.29, 0.717) is 6.61 Å². The number of benzene rings is 2. The molecule has 2 nitrogen and oxygen atoms in total. The fourth-order valence-corrected chi connectivity index (χ4v) is 1.98. The zero-order chi connectivity index (χ0) is 13.7. The van der Waals surface area contributed by atoms with Crippen molar-refractivity contribution >= 4 is 5.69 Å². The smallest absolute Gasteiger partial charge is 0.0713 e. The third-order valence-electron chi connectivity index (χ3n) is 3.34. The van der Waals surface area contributed by atoms with Gasteiger partial charge in [-0.25, -0.2) is 0 Å². The number of methoxy groups -OCH3 is 1. The Balaban J connectivity index is 1.96. The van der Waals surface area contributed by atoms with Gasteiger partial charge in [0.05, 0.1) is 6.61 Å². The Bertz CT molecular complexity index is 531. The van der Waals surface area contributed by atoms with E-state index in [1.165, 1.54) is 27.9 Å². The molecule has 0 saturated carbocycles. The van der Waals surface area contributed by atoms with Crippen molar-refractivity contribution < 1.29 is 4.74 Å². The van der Waals surface area contributed by atoms with Crippen LogP contribution in [0.2, 0.25) is 0 Å². The fraction of sp³-hybridized carbons (Fsp3) is 0.294. The van der Waals surface area contributed by atoms with Gasteiger partial charge >= 0.3 is 0 Å². The first-order valence-corrected chi connectivity index (χ1v) is 6.57. The first-order valence-electron chi connectivity index (χ1n) is 6.57. The van der Waals surface area contributed by atoms with Crippen LogP contribution in [0.25, 0.3) is 0 Å². The molecule has 19 heavy (non-hydrogen) atoms. The van der Waals surface area contributed by atoms with E-state index in [2.05, 4.69) is 61.6 Å². The van der Waals surface area contributed by atoms with E-state index in [9.17, 15) is 0 Å². The van der Waals surface area contributed by atoms with Gasteiger partial charge in [0, 0.05) is 19.3 Å². The minimum absolute atomic E-state index is 0.671. The molecule has 2 aromatic carbocycles. The van der Waals surface area contributed by atoms with Gasteiger partial charge in [0.25, 0.3) is 0 Å². The number of rotatable bonds is 5. The SMILES string of the molecule is COCc1ccc(CNc2ccc(C)c(C)c2)cc1. The minimum Gasteiger partial charge on any atom is -0.381 e. The summed E-state index contributed by atoms with van der Waals surface area (Å²) in [6.07, 6.45) is 0. The van der Waals surface area contributed by atoms with Crippen LogP contribution in [0.4, 0.5) is 5.69 Å². The lowest BCUT2D eigenvalue weighted by Gasteiger charge is -2.09. The van der Waals surface area contributed by atoms with Crippen LogP contribution in [-0.2, 0) is 17.9 Å². The highest BCUT2D eigenvalue weighted by atomic mass is 16.5. The lowest BCUT2D eigenvalue weighted by Crippen LogP contribution is -2.00. The predicted octanol–water partition coefficient (Wildman–Crippen LogP) is 4.06. The molecule has 1 N–H and O–H groups in total. The molecule has 0 spiro atoms. The van der Waals surface area contributed by atoms with E-state index in [-0.39, 0.29) is 0 Å². The summed E-state index contributed by atoms with van der Waals surface area (Å²) < 4.78 is 5.11. The van der Waals surface area contributed by atoms with Crippen LogP contribution in [0, 0.1) is 13.8 Å². The van der Waals surface area contributed by atoms with Crippen LogP contribution >= 0.6 is 0 Å². The van der Waals surface area contributed by atoms with Crippen molar-refractivity contribution in [1.29, 1.82) is 0 Å². The summed E-state index contributed by atoms with van der Waals surface area (Å²) in [6.45, 7) is 5.79. The normalized spacial score (nSPS) is 10.5. The zero-order valence-electron chi connectivity index (χ0n) is 11.9.